The van der Waals surface area contributed by atoms with Crippen LogP contribution in [-0.2, 0) is 11.3 Å². The van der Waals surface area contributed by atoms with Gasteiger partial charge in [-0.3, -0.25) is 4.90 Å². The van der Waals surface area contributed by atoms with Crippen LogP contribution in [0.4, 0.5) is 4.39 Å². The molecule has 7 nitrogen and oxygen atoms in total. The second kappa shape index (κ2) is 6.29. The van der Waals surface area contributed by atoms with Crippen LogP contribution in [0.25, 0.3) is 11.0 Å². The number of nitrogens with one attached hydrogen (secondary N) is 1. The van der Waals surface area contributed by atoms with Gasteiger partial charge in [-0.2, -0.15) is 0 Å². The number of H-pyrrole nitrogens is 1. The fourth-order valence-electron chi connectivity index (χ4n) is 3.24. The Morgan fingerprint density at radius 2 is 2.36 bits per heavy atom. The van der Waals surface area contributed by atoms with E-state index in [1.807, 2.05) is 0 Å². The van der Waals surface area contributed by atoms with E-state index in [1.165, 1.54) is 25.5 Å². The number of rotatable bonds is 4. The number of ether oxygens (including phenoxy) is 1. The summed E-state index contributed by atoms with van der Waals surface area (Å²) in [7, 11) is 1.30. The maximum atomic E-state index is 13.4. The molecule has 1 atom stereocenters. The summed E-state index contributed by atoms with van der Waals surface area (Å²) >= 11 is 0. The Labute approximate surface area is 142 Å². The Bertz CT molecular complexity index is 920. The van der Waals surface area contributed by atoms with E-state index in [0.29, 0.717) is 18.0 Å². The molecule has 3 heterocycles. The number of carbonyl (C=O) groups excluding carboxylic acids is 1. The number of methoxy groups -OCH3 is 1. The number of esters is 1. The average Bonchev–Trinajstić information content (AvgIpc) is 3.32. The van der Waals surface area contributed by atoms with Crippen molar-refractivity contribution in [3.63, 3.8) is 0 Å². The molecule has 0 spiro atoms. The fourth-order valence-corrected chi connectivity index (χ4v) is 3.24. The highest BCUT2D eigenvalue weighted by molar-refractivity contribution is 5.86. The normalized spacial score (nSPS) is 18.1. The zero-order valence-electron chi connectivity index (χ0n) is 13.7. The first-order valence-electron chi connectivity index (χ1n) is 8.06. The number of nitrogens with zero attached hydrogens (tertiary/aromatic N) is 3. The van der Waals surface area contributed by atoms with Gasteiger partial charge in [-0.05, 0) is 37.6 Å². The lowest BCUT2D eigenvalue weighted by molar-refractivity contribution is 0.0594. The molecule has 25 heavy (non-hydrogen) atoms. The van der Waals surface area contributed by atoms with Crippen LogP contribution < -0.4 is 0 Å². The highest BCUT2D eigenvalue weighted by Gasteiger charge is 2.30. The van der Waals surface area contributed by atoms with Crippen LogP contribution in [0.3, 0.4) is 0 Å². The van der Waals surface area contributed by atoms with E-state index in [-0.39, 0.29) is 17.6 Å². The van der Waals surface area contributed by atoms with Crippen molar-refractivity contribution in [3.05, 3.63) is 47.7 Å². The Morgan fingerprint density at radius 1 is 1.48 bits per heavy atom. The van der Waals surface area contributed by atoms with E-state index in [9.17, 15) is 9.18 Å². The molecule has 130 valence electrons. The van der Waals surface area contributed by atoms with E-state index in [2.05, 4.69) is 24.6 Å². The summed E-state index contributed by atoms with van der Waals surface area (Å²) in [4.78, 5) is 25.6. The van der Waals surface area contributed by atoms with Gasteiger partial charge in [0.15, 0.2) is 5.69 Å². The minimum absolute atomic E-state index is 0.0731. The Hall–Kier alpha value is -2.74. The van der Waals surface area contributed by atoms with Crippen molar-refractivity contribution in [2.45, 2.75) is 25.4 Å². The topological polar surface area (TPSA) is 84.2 Å². The minimum atomic E-state index is -0.521. The van der Waals surface area contributed by atoms with E-state index in [4.69, 9.17) is 4.42 Å². The zero-order chi connectivity index (χ0) is 17.4. The van der Waals surface area contributed by atoms with Gasteiger partial charge in [0.1, 0.15) is 17.9 Å². The number of carbonyl (C=O) groups is 1. The molecule has 1 aromatic carbocycles. The second-order valence-corrected chi connectivity index (χ2v) is 6.03. The monoisotopic (exact) mass is 344 g/mol. The number of fused-ring (bicyclic) bond motifs is 1. The van der Waals surface area contributed by atoms with Gasteiger partial charge in [0.05, 0.1) is 30.7 Å². The van der Waals surface area contributed by atoms with Crippen LogP contribution in [0.2, 0.25) is 0 Å². The fraction of sp³-hybridized carbons (Fsp3) is 0.353. The number of likely N-dealkylation sites (tertiary alicyclic amines) is 1. The molecule has 1 aliphatic heterocycles. The number of halogens is 1. The first-order chi connectivity index (χ1) is 12.1. The molecule has 1 fully saturated rings. The molecule has 0 aliphatic carbocycles. The van der Waals surface area contributed by atoms with Crippen LogP contribution in [-0.4, -0.2) is 39.5 Å². The first-order valence-corrected chi connectivity index (χ1v) is 8.06. The van der Waals surface area contributed by atoms with Crippen molar-refractivity contribution >= 4 is 17.0 Å². The average molecular weight is 344 g/mol. The maximum absolute atomic E-state index is 13.4. The summed E-state index contributed by atoms with van der Waals surface area (Å²) < 4.78 is 23.4. The predicted octanol–water partition coefficient (Wildman–Crippen LogP) is 2.81. The Morgan fingerprint density at radius 3 is 3.20 bits per heavy atom. The molecule has 4 rings (SSSR count). The summed E-state index contributed by atoms with van der Waals surface area (Å²) in [5.74, 6) is 0.445. The number of hydrogen-bond donors (Lipinski definition) is 1. The number of hydrogen-bond acceptors (Lipinski definition) is 6. The van der Waals surface area contributed by atoms with Crippen LogP contribution in [0.5, 0.6) is 0 Å². The molecule has 0 bridgehead atoms. The van der Waals surface area contributed by atoms with E-state index in [0.717, 1.165) is 30.7 Å². The molecule has 1 saturated heterocycles. The van der Waals surface area contributed by atoms with Crippen LogP contribution >= 0.6 is 0 Å². The van der Waals surface area contributed by atoms with Crippen molar-refractivity contribution in [1.29, 1.82) is 0 Å². The summed E-state index contributed by atoms with van der Waals surface area (Å²) in [6, 6.07) is 4.59. The van der Waals surface area contributed by atoms with Gasteiger partial charge in [-0.25, -0.2) is 19.2 Å². The number of imidazole rings is 1. The van der Waals surface area contributed by atoms with Gasteiger partial charge >= 0.3 is 5.97 Å². The quantitative estimate of drug-likeness (QED) is 0.733. The van der Waals surface area contributed by atoms with Crippen molar-refractivity contribution in [3.8, 4) is 0 Å². The Balaban J connectivity index is 1.55. The van der Waals surface area contributed by atoms with Crippen LogP contribution in [0, 0.1) is 5.82 Å². The zero-order valence-corrected chi connectivity index (χ0v) is 13.7. The molecular weight excluding hydrogens is 327 g/mol. The molecule has 0 amide bonds. The lowest BCUT2D eigenvalue weighted by atomic mass is 10.2. The molecule has 0 unspecified atom stereocenters. The van der Waals surface area contributed by atoms with Gasteiger partial charge in [-0.15, -0.1) is 0 Å². The van der Waals surface area contributed by atoms with Crippen molar-refractivity contribution < 1.29 is 18.3 Å². The highest BCUT2D eigenvalue weighted by Crippen LogP contribution is 2.32. The number of aromatic nitrogens is 3. The number of oxazole rings is 1. The van der Waals surface area contributed by atoms with Crippen LogP contribution in [0.1, 0.15) is 41.1 Å². The third kappa shape index (κ3) is 3.00. The van der Waals surface area contributed by atoms with Gasteiger partial charge in [0.25, 0.3) is 0 Å². The lowest BCUT2D eigenvalue weighted by Gasteiger charge is -2.20. The molecule has 2 aromatic heterocycles. The molecular formula is C17H17FN4O3. The molecule has 1 aliphatic rings. The molecule has 0 radical (unpaired) electrons. The first kappa shape index (κ1) is 15.8. The van der Waals surface area contributed by atoms with Crippen molar-refractivity contribution in [1.82, 2.24) is 19.9 Å². The molecule has 0 saturated carbocycles. The third-order valence-corrected chi connectivity index (χ3v) is 4.43. The summed E-state index contributed by atoms with van der Waals surface area (Å²) in [5, 5.41) is 0. The smallest absolute Gasteiger partial charge is 0.360 e. The van der Waals surface area contributed by atoms with E-state index >= 15 is 0 Å². The SMILES string of the molecule is COC(=O)c1coc(CN2CCC[C@H]2c2nc3ccc(F)cc3[nH]2)n1. The predicted molar refractivity (Wildman–Crippen MR) is 86.3 cm³/mol. The number of benzene rings is 1. The van der Waals surface area contributed by atoms with Gasteiger partial charge in [-0.1, -0.05) is 0 Å². The largest absolute Gasteiger partial charge is 0.464 e. The lowest BCUT2D eigenvalue weighted by Crippen LogP contribution is -2.23. The van der Waals surface area contributed by atoms with Crippen molar-refractivity contribution in [2.24, 2.45) is 0 Å². The second-order valence-electron chi connectivity index (χ2n) is 6.03. The molecule has 3 aromatic rings. The van der Waals surface area contributed by atoms with Gasteiger partial charge in [0, 0.05) is 0 Å². The maximum Gasteiger partial charge on any atom is 0.360 e. The minimum Gasteiger partial charge on any atom is -0.464 e. The summed E-state index contributed by atoms with van der Waals surface area (Å²) in [6.45, 7) is 1.33. The van der Waals surface area contributed by atoms with E-state index in [1.54, 1.807) is 6.07 Å². The molecule has 1 N–H and O–H groups in total. The molecule has 8 heteroatoms. The van der Waals surface area contributed by atoms with E-state index < -0.39 is 5.97 Å². The summed E-state index contributed by atoms with van der Waals surface area (Å²) in [5.41, 5.74) is 1.59. The highest BCUT2D eigenvalue weighted by atomic mass is 19.1. The summed E-state index contributed by atoms with van der Waals surface area (Å²) in [6.07, 6.45) is 3.25. The third-order valence-electron chi connectivity index (χ3n) is 4.43. The van der Waals surface area contributed by atoms with Crippen molar-refractivity contribution in [2.75, 3.05) is 13.7 Å². The standard InChI is InChI=1S/C17H17FN4O3/c1-24-17(23)13-9-25-15(19-13)8-22-6-2-3-14(22)16-20-11-5-4-10(18)7-12(11)21-16/h4-5,7,9,14H,2-3,6,8H2,1H3,(H,20,21)/t14-/m0/s1. The van der Waals surface area contributed by atoms with Crippen LogP contribution in [0.15, 0.2) is 28.9 Å². The van der Waals surface area contributed by atoms with Gasteiger partial charge in [0.2, 0.25) is 5.89 Å². The Kier molecular flexibility index (Phi) is 3.96. The number of aromatic amines is 1. The van der Waals surface area contributed by atoms with Gasteiger partial charge < -0.3 is 14.1 Å².